The van der Waals surface area contributed by atoms with Crippen LogP contribution in [0.4, 0.5) is 0 Å². The first kappa shape index (κ1) is 17.1. The van der Waals surface area contributed by atoms with Crippen molar-refractivity contribution >= 4 is 17.5 Å². The number of benzene rings is 1. The molecule has 6 heteroatoms. The molecule has 0 N–H and O–H groups in total. The van der Waals surface area contributed by atoms with Crippen LogP contribution >= 0.6 is 11.6 Å². The number of carbonyl (C=O) groups excluding carboxylic acids is 1. The van der Waals surface area contributed by atoms with Crippen molar-refractivity contribution in [1.82, 2.24) is 4.90 Å². The maximum Gasteiger partial charge on any atom is 0.237 e. The lowest BCUT2D eigenvalue weighted by Crippen LogP contribution is -2.34. The first-order chi connectivity index (χ1) is 10.2. The second kappa shape index (κ2) is 9.09. The summed E-state index contributed by atoms with van der Waals surface area (Å²) >= 11 is 5.58. The molecule has 1 rings (SSSR count). The van der Waals surface area contributed by atoms with E-state index < -0.39 is 0 Å². The minimum Gasteiger partial charge on any atom is -0.493 e. The topological polar surface area (TPSA) is 62.6 Å². The third-order valence-corrected chi connectivity index (χ3v) is 3.31. The Hall–Kier alpha value is -1.93. The van der Waals surface area contributed by atoms with Crippen LogP contribution in [0.15, 0.2) is 18.2 Å². The first-order valence-electron chi connectivity index (χ1n) is 6.57. The summed E-state index contributed by atoms with van der Waals surface area (Å²) in [6.07, 6.45) is 0.961. The summed E-state index contributed by atoms with van der Waals surface area (Å²) in [4.78, 5) is 13.3. The van der Waals surface area contributed by atoms with Crippen molar-refractivity contribution in [1.29, 1.82) is 5.26 Å². The van der Waals surface area contributed by atoms with Gasteiger partial charge < -0.3 is 14.4 Å². The van der Waals surface area contributed by atoms with E-state index in [0.29, 0.717) is 37.4 Å². The van der Waals surface area contributed by atoms with Crippen LogP contribution in [0, 0.1) is 11.3 Å². The van der Waals surface area contributed by atoms with Gasteiger partial charge in [0.1, 0.15) is 5.88 Å². The van der Waals surface area contributed by atoms with Crippen LogP contribution in [0.2, 0.25) is 0 Å². The zero-order valence-electron chi connectivity index (χ0n) is 12.3. The van der Waals surface area contributed by atoms with Gasteiger partial charge in [-0.25, -0.2) is 0 Å². The van der Waals surface area contributed by atoms with Crippen LogP contribution in [-0.2, 0) is 11.2 Å². The monoisotopic (exact) mass is 310 g/mol. The third-order valence-electron chi connectivity index (χ3n) is 3.08. The lowest BCUT2D eigenvalue weighted by Gasteiger charge is -2.20. The molecule has 21 heavy (non-hydrogen) atoms. The van der Waals surface area contributed by atoms with Gasteiger partial charge in [0.25, 0.3) is 0 Å². The number of rotatable bonds is 8. The summed E-state index contributed by atoms with van der Waals surface area (Å²) in [6.45, 7) is 0.915. The van der Waals surface area contributed by atoms with Crippen molar-refractivity contribution in [3.63, 3.8) is 0 Å². The van der Waals surface area contributed by atoms with E-state index in [2.05, 4.69) is 0 Å². The molecule has 0 bridgehead atoms. The van der Waals surface area contributed by atoms with Crippen molar-refractivity contribution in [3.05, 3.63) is 23.8 Å². The van der Waals surface area contributed by atoms with Gasteiger partial charge in [-0.05, 0) is 24.1 Å². The van der Waals surface area contributed by atoms with E-state index >= 15 is 0 Å². The number of alkyl halides is 1. The van der Waals surface area contributed by atoms with Crippen LogP contribution in [0.5, 0.6) is 11.5 Å². The molecular weight excluding hydrogens is 292 g/mol. The van der Waals surface area contributed by atoms with E-state index in [1.54, 1.807) is 19.1 Å². The van der Waals surface area contributed by atoms with Crippen molar-refractivity contribution < 1.29 is 14.3 Å². The van der Waals surface area contributed by atoms with E-state index in [-0.39, 0.29) is 11.8 Å². The summed E-state index contributed by atoms with van der Waals surface area (Å²) < 4.78 is 10.4. The van der Waals surface area contributed by atoms with Crippen molar-refractivity contribution in [2.45, 2.75) is 12.8 Å². The Morgan fingerprint density at radius 1 is 1.29 bits per heavy atom. The fraction of sp³-hybridized carbons (Fsp3) is 0.467. The molecule has 0 unspecified atom stereocenters. The normalized spacial score (nSPS) is 9.81. The highest BCUT2D eigenvalue weighted by Crippen LogP contribution is 2.27. The SMILES string of the molecule is COc1ccc(CCN(CCC#N)C(=O)CCl)cc1OC. The molecule has 0 saturated carbocycles. The molecule has 0 heterocycles. The molecule has 0 atom stereocenters. The maximum atomic E-state index is 11.7. The summed E-state index contributed by atoms with van der Waals surface area (Å²) in [5, 5.41) is 8.63. The van der Waals surface area contributed by atoms with Gasteiger partial charge in [0, 0.05) is 13.1 Å². The van der Waals surface area contributed by atoms with E-state index in [1.165, 1.54) is 0 Å². The van der Waals surface area contributed by atoms with Crippen molar-refractivity contribution in [3.8, 4) is 17.6 Å². The zero-order valence-corrected chi connectivity index (χ0v) is 13.0. The highest BCUT2D eigenvalue weighted by Gasteiger charge is 2.12. The Balaban J connectivity index is 2.71. The second-order valence-electron chi connectivity index (χ2n) is 4.36. The number of carbonyl (C=O) groups is 1. The van der Waals surface area contributed by atoms with E-state index in [9.17, 15) is 4.79 Å². The van der Waals surface area contributed by atoms with Gasteiger partial charge in [-0.2, -0.15) is 5.26 Å². The van der Waals surface area contributed by atoms with Gasteiger partial charge in [-0.15, -0.1) is 11.6 Å². The minimum absolute atomic E-state index is 0.0721. The van der Waals surface area contributed by atoms with E-state index in [1.807, 2.05) is 24.3 Å². The van der Waals surface area contributed by atoms with Crippen molar-refractivity contribution in [2.75, 3.05) is 33.2 Å². The van der Waals surface area contributed by atoms with Gasteiger partial charge in [-0.1, -0.05) is 6.07 Å². The average Bonchev–Trinajstić information content (AvgIpc) is 2.53. The quantitative estimate of drug-likeness (QED) is 0.691. The van der Waals surface area contributed by atoms with Crippen molar-refractivity contribution in [2.24, 2.45) is 0 Å². The zero-order chi connectivity index (χ0) is 15.7. The van der Waals surface area contributed by atoms with Crippen LogP contribution in [-0.4, -0.2) is 44.0 Å². The molecule has 0 aliphatic carbocycles. The molecule has 0 radical (unpaired) electrons. The highest BCUT2D eigenvalue weighted by molar-refractivity contribution is 6.27. The van der Waals surface area contributed by atoms with Crippen LogP contribution in [0.3, 0.4) is 0 Å². The van der Waals surface area contributed by atoms with E-state index in [0.717, 1.165) is 5.56 Å². The Bertz CT molecular complexity index is 514. The smallest absolute Gasteiger partial charge is 0.237 e. The molecular formula is C15H19ClN2O3. The number of ether oxygens (including phenoxy) is 2. The minimum atomic E-state index is -0.160. The molecule has 0 saturated heterocycles. The largest absolute Gasteiger partial charge is 0.493 e. The molecule has 0 aromatic heterocycles. The number of hydrogen-bond acceptors (Lipinski definition) is 4. The second-order valence-corrected chi connectivity index (χ2v) is 4.63. The summed E-state index contributed by atoms with van der Waals surface area (Å²) in [5.41, 5.74) is 1.02. The number of nitrogens with zero attached hydrogens (tertiary/aromatic N) is 2. The summed E-state index contributed by atoms with van der Waals surface area (Å²) in [6, 6.07) is 7.67. The fourth-order valence-corrected chi connectivity index (χ4v) is 2.10. The molecule has 0 fully saturated rings. The third kappa shape index (κ3) is 5.16. The van der Waals surface area contributed by atoms with Gasteiger partial charge in [-0.3, -0.25) is 4.79 Å². The molecule has 114 valence electrons. The van der Waals surface area contributed by atoms with Gasteiger partial charge in [0.2, 0.25) is 5.91 Å². The summed E-state index contributed by atoms with van der Waals surface area (Å²) in [5.74, 6) is 1.09. The average molecular weight is 311 g/mol. The molecule has 0 aliphatic heterocycles. The lowest BCUT2D eigenvalue weighted by atomic mass is 10.1. The Kier molecular flexibility index (Phi) is 7.41. The molecule has 5 nitrogen and oxygen atoms in total. The molecule has 0 spiro atoms. The molecule has 1 aromatic rings. The molecule has 1 amide bonds. The number of nitriles is 1. The van der Waals surface area contributed by atoms with Crippen LogP contribution < -0.4 is 9.47 Å². The van der Waals surface area contributed by atoms with Gasteiger partial charge >= 0.3 is 0 Å². The Morgan fingerprint density at radius 3 is 2.57 bits per heavy atom. The van der Waals surface area contributed by atoms with Gasteiger partial charge in [0.05, 0.1) is 26.7 Å². The molecule has 1 aromatic carbocycles. The van der Waals surface area contributed by atoms with Crippen LogP contribution in [0.25, 0.3) is 0 Å². The highest BCUT2D eigenvalue weighted by atomic mass is 35.5. The van der Waals surface area contributed by atoms with Gasteiger partial charge in [0.15, 0.2) is 11.5 Å². The Labute approximate surface area is 130 Å². The predicted molar refractivity (Wildman–Crippen MR) is 80.8 cm³/mol. The lowest BCUT2D eigenvalue weighted by molar-refractivity contribution is -0.128. The number of halogens is 1. The van der Waals surface area contributed by atoms with Crippen LogP contribution in [0.1, 0.15) is 12.0 Å². The number of methoxy groups -OCH3 is 2. The fourth-order valence-electron chi connectivity index (χ4n) is 1.93. The molecule has 0 aliphatic rings. The first-order valence-corrected chi connectivity index (χ1v) is 7.11. The maximum absolute atomic E-state index is 11.7. The summed E-state index contributed by atoms with van der Waals surface area (Å²) in [7, 11) is 3.16. The standard InChI is InChI=1S/C15H19ClN2O3/c1-20-13-5-4-12(10-14(13)21-2)6-9-18(8-3-7-17)15(19)11-16/h4-5,10H,3,6,8-9,11H2,1-2H3. The number of amides is 1. The van der Waals surface area contributed by atoms with E-state index in [4.69, 9.17) is 26.3 Å². The Morgan fingerprint density at radius 2 is 2.00 bits per heavy atom. The number of hydrogen-bond donors (Lipinski definition) is 0. The predicted octanol–water partition coefficient (Wildman–Crippen LogP) is 2.23.